The molecular formula is C13H12N4O2. The van der Waals surface area contributed by atoms with Crippen LogP contribution in [-0.2, 0) is 9.47 Å². The maximum absolute atomic E-state index is 9.18. The van der Waals surface area contributed by atoms with E-state index in [4.69, 9.17) is 15.2 Å². The van der Waals surface area contributed by atoms with E-state index in [-0.39, 0.29) is 0 Å². The molecule has 1 aromatic carbocycles. The summed E-state index contributed by atoms with van der Waals surface area (Å²) >= 11 is 0. The van der Waals surface area contributed by atoms with Crippen molar-refractivity contribution < 1.29 is 9.47 Å². The second-order valence-electron chi connectivity index (χ2n) is 4.12. The molecule has 0 unspecified atom stereocenters. The third-order valence-electron chi connectivity index (χ3n) is 2.90. The van der Waals surface area contributed by atoms with E-state index in [9.17, 15) is 5.26 Å². The summed E-state index contributed by atoms with van der Waals surface area (Å²) in [4.78, 5) is 4.24. The van der Waals surface area contributed by atoms with Crippen molar-refractivity contribution in [2.24, 2.45) is 0 Å². The summed E-state index contributed by atoms with van der Waals surface area (Å²) in [7, 11) is 0. The lowest BCUT2D eigenvalue weighted by atomic mass is 10.1. The summed E-state index contributed by atoms with van der Waals surface area (Å²) in [5.74, 6) is 0.611. The van der Waals surface area contributed by atoms with Gasteiger partial charge in [0.15, 0.2) is 5.82 Å². The molecule has 1 aliphatic rings. The normalized spacial score (nSPS) is 15.5. The monoisotopic (exact) mass is 256 g/mol. The fourth-order valence-electron chi connectivity index (χ4n) is 2.04. The van der Waals surface area contributed by atoms with Gasteiger partial charge in [0.25, 0.3) is 0 Å². The lowest BCUT2D eigenvalue weighted by molar-refractivity contribution is -0.0516. The highest BCUT2D eigenvalue weighted by Gasteiger charge is 2.24. The Kier molecular flexibility index (Phi) is 2.91. The number of nitrogens with two attached hydrogens (primary N) is 1. The van der Waals surface area contributed by atoms with Crippen molar-refractivity contribution in [3.63, 3.8) is 0 Å². The molecule has 1 aromatic heterocycles. The Bertz CT molecular complexity index is 638. The Balaban J connectivity index is 2.10. The van der Waals surface area contributed by atoms with Crippen LogP contribution in [0, 0.1) is 11.3 Å². The van der Waals surface area contributed by atoms with Crippen molar-refractivity contribution in [1.82, 2.24) is 9.55 Å². The van der Waals surface area contributed by atoms with Crippen LogP contribution in [0.1, 0.15) is 17.7 Å². The molecule has 6 heteroatoms. The number of anilines is 1. The Hall–Kier alpha value is -2.36. The number of aromatic nitrogens is 2. The Labute approximate surface area is 110 Å². The Morgan fingerprint density at radius 1 is 1.37 bits per heavy atom. The van der Waals surface area contributed by atoms with Gasteiger partial charge in [0.2, 0.25) is 6.29 Å². The highest BCUT2D eigenvalue weighted by Crippen LogP contribution is 2.26. The van der Waals surface area contributed by atoms with Gasteiger partial charge in [-0.15, -0.1) is 0 Å². The molecule has 0 saturated carbocycles. The number of ether oxygens (including phenoxy) is 2. The van der Waals surface area contributed by atoms with E-state index in [0.29, 0.717) is 36.0 Å². The zero-order chi connectivity index (χ0) is 13.2. The quantitative estimate of drug-likeness (QED) is 0.820. The van der Waals surface area contributed by atoms with Gasteiger partial charge in [-0.3, -0.25) is 4.57 Å². The van der Waals surface area contributed by atoms with Gasteiger partial charge in [0, 0.05) is 18.1 Å². The number of nitrogens with zero attached hydrogens (tertiary/aromatic N) is 3. The molecule has 0 aliphatic carbocycles. The van der Waals surface area contributed by atoms with Crippen LogP contribution in [0.3, 0.4) is 0 Å². The molecule has 0 bridgehead atoms. The third kappa shape index (κ3) is 2.05. The van der Waals surface area contributed by atoms with Crippen LogP contribution in [0.4, 0.5) is 5.69 Å². The second-order valence-corrected chi connectivity index (χ2v) is 4.12. The number of hydrogen-bond acceptors (Lipinski definition) is 5. The van der Waals surface area contributed by atoms with Crippen LogP contribution >= 0.6 is 0 Å². The molecule has 19 heavy (non-hydrogen) atoms. The number of hydrogen-bond donors (Lipinski definition) is 1. The van der Waals surface area contributed by atoms with Crippen LogP contribution in [0.25, 0.3) is 5.69 Å². The number of nitriles is 1. The minimum Gasteiger partial charge on any atom is -0.399 e. The van der Waals surface area contributed by atoms with Crippen molar-refractivity contribution in [2.45, 2.75) is 6.29 Å². The maximum Gasteiger partial charge on any atom is 0.217 e. The predicted molar refractivity (Wildman–Crippen MR) is 67.3 cm³/mol. The van der Waals surface area contributed by atoms with Gasteiger partial charge in [-0.1, -0.05) is 0 Å². The standard InChI is InChI=1S/C13H12N4O2/c14-8-9-1-2-10(15)7-11(9)17-4-3-16-12(17)13-18-5-6-19-13/h1-4,7,13H,5-6,15H2. The fourth-order valence-corrected chi connectivity index (χ4v) is 2.04. The second kappa shape index (κ2) is 4.72. The zero-order valence-corrected chi connectivity index (χ0v) is 10.1. The van der Waals surface area contributed by atoms with Crippen molar-refractivity contribution in [3.05, 3.63) is 42.0 Å². The zero-order valence-electron chi connectivity index (χ0n) is 10.1. The molecule has 1 aliphatic heterocycles. The van der Waals surface area contributed by atoms with Crippen molar-refractivity contribution in [1.29, 1.82) is 5.26 Å². The Morgan fingerprint density at radius 2 is 2.16 bits per heavy atom. The smallest absolute Gasteiger partial charge is 0.217 e. The SMILES string of the molecule is N#Cc1ccc(N)cc1-n1ccnc1C1OCCO1. The topological polar surface area (TPSA) is 86.1 Å². The molecule has 1 fully saturated rings. The maximum atomic E-state index is 9.18. The number of imidazole rings is 1. The van der Waals surface area contributed by atoms with E-state index < -0.39 is 6.29 Å². The average Bonchev–Trinajstić information content (AvgIpc) is 3.09. The summed E-state index contributed by atoms with van der Waals surface area (Å²) in [5.41, 5.74) is 7.57. The highest BCUT2D eigenvalue weighted by atomic mass is 16.7. The largest absolute Gasteiger partial charge is 0.399 e. The average molecular weight is 256 g/mol. The van der Waals surface area contributed by atoms with E-state index in [0.717, 1.165) is 0 Å². The number of benzene rings is 1. The molecular weight excluding hydrogens is 244 g/mol. The number of rotatable bonds is 2. The first-order valence-corrected chi connectivity index (χ1v) is 5.86. The first kappa shape index (κ1) is 11.7. The first-order chi connectivity index (χ1) is 9.29. The minimum atomic E-state index is -0.497. The molecule has 96 valence electrons. The van der Waals surface area contributed by atoms with Gasteiger partial charge < -0.3 is 15.2 Å². The minimum absolute atomic E-state index is 0.497. The predicted octanol–water partition coefficient (Wildman–Crippen LogP) is 1.37. The van der Waals surface area contributed by atoms with Crippen molar-refractivity contribution >= 4 is 5.69 Å². The van der Waals surface area contributed by atoms with Gasteiger partial charge in [-0.25, -0.2) is 4.98 Å². The van der Waals surface area contributed by atoms with Gasteiger partial charge >= 0.3 is 0 Å². The first-order valence-electron chi connectivity index (χ1n) is 5.86. The molecule has 2 N–H and O–H groups in total. The molecule has 6 nitrogen and oxygen atoms in total. The van der Waals surface area contributed by atoms with Crippen LogP contribution in [0.2, 0.25) is 0 Å². The summed E-state index contributed by atoms with van der Waals surface area (Å²) in [5, 5.41) is 9.18. The fraction of sp³-hybridized carbons (Fsp3) is 0.231. The van der Waals surface area contributed by atoms with Gasteiger partial charge in [0.1, 0.15) is 6.07 Å². The Morgan fingerprint density at radius 3 is 2.89 bits per heavy atom. The van der Waals surface area contributed by atoms with Crippen molar-refractivity contribution in [3.8, 4) is 11.8 Å². The summed E-state index contributed by atoms with van der Waals surface area (Å²) in [6.45, 7) is 1.08. The molecule has 0 radical (unpaired) electrons. The van der Waals surface area contributed by atoms with E-state index in [1.54, 1.807) is 35.2 Å². The summed E-state index contributed by atoms with van der Waals surface area (Å²) in [6.07, 6.45) is 2.91. The van der Waals surface area contributed by atoms with Gasteiger partial charge in [-0.2, -0.15) is 5.26 Å². The lowest BCUT2D eigenvalue weighted by Crippen LogP contribution is -2.09. The molecule has 2 heterocycles. The molecule has 0 spiro atoms. The van der Waals surface area contributed by atoms with Crippen LogP contribution in [-0.4, -0.2) is 22.8 Å². The van der Waals surface area contributed by atoms with Crippen LogP contribution in [0.5, 0.6) is 0 Å². The number of nitrogen functional groups attached to an aromatic ring is 1. The highest BCUT2D eigenvalue weighted by molar-refractivity contribution is 5.57. The van der Waals surface area contributed by atoms with Crippen molar-refractivity contribution in [2.75, 3.05) is 18.9 Å². The molecule has 0 atom stereocenters. The molecule has 0 amide bonds. The van der Waals surface area contributed by atoms with E-state index in [2.05, 4.69) is 11.1 Å². The third-order valence-corrected chi connectivity index (χ3v) is 2.90. The molecule has 1 saturated heterocycles. The van der Waals surface area contributed by atoms with Gasteiger partial charge in [0.05, 0.1) is 24.5 Å². The van der Waals surface area contributed by atoms with E-state index in [1.165, 1.54) is 0 Å². The van der Waals surface area contributed by atoms with Crippen LogP contribution in [0.15, 0.2) is 30.6 Å². The van der Waals surface area contributed by atoms with E-state index in [1.807, 2.05) is 0 Å². The van der Waals surface area contributed by atoms with E-state index >= 15 is 0 Å². The van der Waals surface area contributed by atoms with Gasteiger partial charge in [-0.05, 0) is 18.2 Å². The molecule has 2 aromatic rings. The summed E-state index contributed by atoms with van der Waals surface area (Å²) in [6, 6.07) is 7.26. The lowest BCUT2D eigenvalue weighted by Gasteiger charge is -2.13. The summed E-state index contributed by atoms with van der Waals surface area (Å²) < 4.78 is 12.7. The van der Waals surface area contributed by atoms with Crippen LogP contribution < -0.4 is 5.73 Å². The molecule has 3 rings (SSSR count).